The van der Waals surface area contributed by atoms with Gasteiger partial charge in [0.2, 0.25) is 0 Å². The number of nitrogens with two attached hydrogens (primary N) is 2. The Morgan fingerprint density at radius 3 is 2.30 bits per heavy atom. The van der Waals surface area contributed by atoms with Crippen LogP contribution in [0, 0.1) is 0 Å². The number of aromatic hydroxyl groups is 2. The van der Waals surface area contributed by atoms with Crippen molar-refractivity contribution in [3.8, 4) is 17.2 Å². The van der Waals surface area contributed by atoms with E-state index in [2.05, 4.69) is 0 Å². The van der Waals surface area contributed by atoms with E-state index in [4.69, 9.17) is 20.6 Å². The van der Waals surface area contributed by atoms with Gasteiger partial charge >= 0.3 is 5.97 Å². The molecule has 0 bridgehead atoms. The highest BCUT2D eigenvalue weighted by Gasteiger charge is 2.24. The number of rotatable bonds is 6. The van der Waals surface area contributed by atoms with Crippen LogP contribution in [0.3, 0.4) is 0 Å². The summed E-state index contributed by atoms with van der Waals surface area (Å²) in [5.74, 6) is -1.28. The van der Waals surface area contributed by atoms with Gasteiger partial charge in [-0.1, -0.05) is 37.3 Å². The standard InChI is InChI=1S/C25H22N2O6/c1-2-19-23(24(30)14-9-16(26)25(31)17(27)10-14)15-11-18(28)21(12-20(15)32-19)33-22(29)8-13-6-4-3-5-7-13/h3-7,9-12,28,31H,2,8,26-27H2,1H3. The first-order valence-electron chi connectivity index (χ1n) is 10.2. The third-order valence-corrected chi connectivity index (χ3v) is 5.24. The van der Waals surface area contributed by atoms with E-state index in [1.165, 1.54) is 24.3 Å². The predicted octanol–water partition coefficient (Wildman–Crippen LogP) is 3.95. The molecule has 0 aliphatic carbocycles. The van der Waals surface area contributed by atoms with Crippen LogP contribution in [0.5, 0.6) is 17.2 Å². The summed E-state index contributed by atoms with van der Waals surface area (Å²) in [5.41, 5.74) is 12.9. The summed E-state index contributed by atoms with van der Waals surface area (Å²) in [7, 11) is 0. The van der Waals surface area contributed by atoms with Crippen LogP contribution in [0.1, 0.15) is 34.2 Å². The SMILES string of the molecule is CCc1oc2cc(OC(=O)Cc3ccccc3)c(O)cc2c1C(=O)c1cc(N)c(O)c(N)c1. The lowest BCUT2D eigenvalue weighted by Crippen LogP contribution is -2.11. The predicted molar refractivity (Wildman–Crippen MR) is 123 cm³/mol. The molecule has 0 aliphatic rings. The maximum atomic E-state index is 13.3. The van der Waals surface area contributed by atoms with E-state index in [-0.39, 0.29) is 51.8 Å². The molecule has 8 nitrogen and oxygen atoms in total. The second-order valence-corrected chi connectivity index (χ2v) is 7.54. The van der Waals surface area contributed by atoms with Crippen molar-refractivity contribution in [3.05, 3.63) is 77.0 Å². The molecule has 0 saturated carbocycles. The van der Waals surface area contributed by atoms with Gasteiger partial charge < -0.3 is 30.8 Å². The van der Waals surface area contributed by atoms with Gasteiger partial charge in [0.15, 0.2) is 23.0 Å². The minimum atomic E-state index is -0.551. The summed E-state index contributed by atoms with van der Waals surface area (Å²) in [4.78, 5) is 25.6. The summed E-state index contributed by atoms with van der Waals surface area (Å²) in [6.07, 6.45) is 0.423. The molecule has 3 aromatic carbocycles. The molecule has 0 atom stereocenters. The normalized spacial score (nSPS) is 10.9. The number of nitrogen functional groups attached to an aromatic ring is 2. The minimum Gasteiger partial charge on any atom is -0.504 e. The molecular weight excluding hydrogens is 424 g/mol. The van der Waals surface area contributed by atoms with Crippen LogP contribution in [0.2, 0.25) is 0 Å². The van der Waals surface area contributed by atoms with Crippen LogP contribution in [0.25, 0.3) is 11.0 Å². The Bertz CT molecular complexity index is 1350. The molecular formula is C25H22N2O6. The molecule has 168 valence electrons. The number of phenols is 2. The summed E-state index contributed by atoms with van der Waals surface area (Å²) >= 11 is 0. The molecule has 0 saturated heterocycles. The van der Waals surface area contributed by atoms with Crippen LogP contribution in [0.15, 0.2) is 59.0 Å². The quantitative estimate of drug-likeness (QED) is 0.114. The van der Waals surface area contributed by atoms with E-state index in [9.17, 15) is 19.8 Å². The first-order chi connectivity index (χ1) is 15.8. The van der Waals surface area contributed by atoms with Crippen molar-refractivity contribution in [2.24, 2.45) is 0 Å². The van der Waals surface area contributed by atoms with Crippen molar-refractivity contribution < 1.29 is 29.0 Å². The van der Waals surface area contributed by atoms with Gasteiger partial charge in [-0.05, 0) is 23.8 Å². The summed E-state index contributed by atoms with van der Waals surface area (Å²) < 4.78 is 11.2. The van der Waals surface area contributed by atoms with Gasteiger partial charge in [0.1, 0.15) is 11.3 Å². The molecule has 0 aliphatic heterocycles. The van der Waals surface area contributed by atoms with E-state index >= 15 is 0 Å². The second kappa shape index (κ2) is 8.58. The third kappa shape index (κ3) is 4.18. The van der Waals surface area contributed by atoms with E-state index in [0.717, 1.165) is 5.56 Å². The first-order valence-corrected chi connectivity index (χ1v) is 10.2. The van der Waals surface area contributed by atoms with E-state index < -0.39 is 11.8 Å². The number of phenolic OH excluding ortho intramolecular Hbond substituents is 2. The molecule has 1 heterocycles. The Hall–Kier alpha value is -4.46. The number of esters is 1. The van der Waals surface area contributed by atoms with Crippen molar-refractivity contribution >= 4 is 34.1 Å². The number of hydrogen-bond donors (Lipinski definition) is 4. The topological polar surface area (TPSA) is 149 Å². The van der Waals surface area contributed by atoms with Crippen molar-refractivity contribution in [2.75, 3.05) is 11.5 Å². The Morgan fingerprint density at radius 1 is 1.00 bits per heavy atom. The van der Waals surface area contributed by atoms with Crippen LogP contribution in [-0.2, 0) is 17.6 Å². The number of furan rings is 1. The molecule has 6 N–H and O–H groups in total. The average Bonchev–Trinajstić information content (AvgIpc) is 3.14. The van der Waals surface area contributed by atoms with Crippen molar-refractivity contribution in [3.63, 3.8) is 0 Å². The van der Waals surface area contributed by atoms with Crippen molar-refractivity contribution in [2.45, 2.75) is 19.8 Å². The molecule has 0 fully saturated rings. The minimum absolute atomic E-state index is 0.0281. The van der Waals surface area contributed by atoms with Gasteiger partial charge in [-0.3, -0.25) is 9.59 Å². The number of hydrogen-bond acceptors (Lipinski definition) is 8. The number of carbonyl (C=O) groups excluding carboxylic acids is 2. The van der Waals surface area contributed by atoms with Gasteiger partial charge in [-0.2, -0.15) is 0 Å². The maximum absolute atomic E-state index is 13.3. The van der Waals surface area contributed by atoms with Crippen LogP contribution in [-0.4, -0.2) is 22.0 Å². The summed E-state index contributed by atoms with van der Waals surface area (Å²) in [5, 5.41) is 20.6. The van der Waals surface area contributed by atoms with Crippen LogP contribution in [0.4, 0.5) is 11.4 Å². The molecule has 0 amide bonds. The Balaban J connectivity index is 1.70. The fourth-order valence-electron chi connectivity index (χ4n) is 3.62. The van der Waals surface area contributed by atoms with Gasteiger partial charge in [-0.25, -0.2) is 0 Å². The van der Waals surface area contributed by atoms with Gasteiger partial charge in [-0.15, -0.1) is 0 Å². The monoisotopic (exact) mass is 446 g/mol. The Morgan fingerprint density at radius 2 is 1.67 bits per heavy atom. The lowest BCUT2D eigenvalue weighted by Gasteiger charge is -2.08. The number of ketones is 1. The number of carbonyl (C=O) groups is 2. The molecule has 0 unspecified atom stereocenters. The zero-order valence-corrected chi connectivity index (χ0v) is 17.8. The van der Waals surface area contributed by atoms with E-state index in [1.54, 1.807) is 12.1 Å². The van der Waals surface area contributed by atoms with Gasteiger partial charge in [0.25, 0.3) is 0 Å². The van der Waals surface area contributed by atoms with Crippen LogP contribution < -0.4 is 16.2 Å². The van der Waals surface area contributed by atoms with Crippen molar-refractivity contribution in [1.82, 2.24) is 0 Å². The van der Waals surface area contributed by atoms with E-state index in [0.29, 0.717) is 17.6 Å². The number of fused-ring (bicyclic) bond motifs is 1. The van der Waals surface area contributed by atoms with Gasteiger partial charge in [0, 0.05) is 23.4 Å². The molecule has 4 aromatic rings. The van der Waals surface area contributed by atoms with E-state index in [1.807, 2.05) is 25.1 Å². The highest BCUT2D eigenvalue weighted by molar-refractivity contribution is 6.18. The molecule has 33 heavy (non-hydrogen) atoms. The summed E-state index contributed by atoms with van der Waals surface area (Å²) in [6.45, 7) is 1.81. The van der Waals surface area contributed by atoms with Crippen LogP contribution >= 0.6 is 0 Å². The maximum Gasteiger partial charge on any atom is 0.315 e. The molecule has 4 rings (SSSR count). The fourth-order valence-corrected chi connectivity index (χ4v) is 3.62. The molecule has 0 spiro atoms. The number of anilines is 2. The lowest BCUT2D eigenvalue weighted by atomic mass is 9.98. The lowest BCUT2D eigenvalue weighted by molar-refractivity contribution is -0.133. The largest absolute Gasteiger partial charge is 0.504 e. The Labute approximate surface area is 189 Å². The third-order valence-electron chi connectivity index (χ3n) is 5.24. The van der Waals surface area contributed by atoms with Gasteiger partial charge in [0.05, 0.1) is 23.4 Å². The second-order valence-electron chi connectivity index (χ2n) is 7.54. The molecule has 1 aromatic heterocycles. The number of ether oxygens (including phenoxy) is 1. The molecule has 0 radical (unpaired) electrons. The summed E-state index contributed by atoms with van der Waals surface area (Å²) in [6, 6.07) is 14.4. The zero-order chi connectivity index (χ0) is 23.7. The number of aryl methyl sites for hydroxylation is 1. The highest BCUT2D eigenvalue weighted by atomic mass is 16.5. The zero-order valence-electron chi connectivity index (χ0n) is 17.8. The fraction of sp³-hybridized carbons (Fsp3) is 0.120. The molecule has 8 heteroatoms. The van der Waals surface area contributed by atoms with Crippen molar-refractivity contribution in [1.29, 1.82) is 0 Å². The smallest absolute Gasteiger partial charge is 0.315 e. The highest BCUT2D eigenvalue weighted by Crippen LogP contribution is 2.38. The number of benzene rings is 3. The first kappa shape index (κ1) is 21.8. The Kier molecular flexibility index (Phi) is 5.66. The average molecular weight is 446 g/mol.